The second-order valence-corrected chi connectivity index (χ2v) is 8.03. The Morgan fingerprint density at radius 3 is 2.32 bits per heavy atom. The molecule has 0 aromatic heterocycles. The summed E-state index contributed by atoms with van der Waals surface area (Å²) in [5, 5.41) is 2.86. The number of carbonyl (C=O) groups excluding carboxylic acids is 1. The number of carbonyl (C=O) groups is 1. The first-order valence-electron chi connectivity index (χ1n) is 9.53. The van der Waals surface area contributed by atoms with Crippen LogP contribution in [0.1, 0.15) is 33.1 Å². The van der Waals surface area contributed by atoms with Crippen molar-refractivity contribution in [1.82, 2.24) is 9.80 Å². The predicted octanol–water partition coefficient (Wildman–Crippen LogP) is 4.05. The van der Waals surface area contributed by atoms with Crippen LogP contribution in [0, 0.1) is 23.6 Å². The van der Waals surface area contributed by atoms with Gasteiger partial charge in [-0.2, -0.15) is 0 Å². The predicted molar refractivity (Wildman–Crippen MR) is 99.1 cm³/mol. The van der Waals surface area contributed by atoms with Gasteiger partial charge in [0.05, 0.1) is 0 Å². The molecule has 0 aliphatic carbocycles. The Bertz CT molecular complexity index is 559. The maximum absolute atomic E-state index is 12.9. The Kier molecular flexibility index (Phi) is 5.94. The summed E-state index contributed by atoms with van der Waals surface area (Å²) in [5.74, 6) is 1.99. The van der Waals surface area contributed by atoms with E-state index >= 15 is 0 Å². The van der Waals surface area contributed by atoms with Crippen molar-refractivity contribution >= 4 is 11.7 Å². The van der Waals surface area contributed by atoms with Gasteiger partial charge in [0.25, 0.3) is 0 Å². The molecule has 5 heteroatoms. The third kappa shape index (κ3) is 5.18. The van der Waals surface area contributed by atoms with Crippen LogP contribution in [0.3, 0.4) is 0 Å². The molecular weight excluding hydrogens is 317 g/mol. The molecule has 2 heterocycles. The molecule has 1 N–H and O–H groups in total. The first-order chi connectivity index (χ1) is 12.0. The van der Waals surface area contributed by atoms with Gasteiger partial charge in [-0.15, -0.1) is 0 Å². The molecule has 4 nitrogen and oxygen atoms in total. The van der Waals surface area contributed by atoms with E-state index in [4.69, 9.17) is 0 Å². The molecule has 2 saturated heterocycles. The van der Waals surface area contributed by atoms with Gasteiger partial charge in [-0.05, 0) is 61.3 Å². The van der Waals surface area contributed by atoms with E-state index in [-0.39, 0.29) is 11.8 Å². The van der Waals surface area contributed by atoms with Crippen LogP contribution < -0.4 is 5.32 Å². The third-order valence-corrected chi connectivity index (χ3v) is 5.46. The number of anilines is 1. The standard InChI is InChI=1S/C20H30FN3O/c1-15-11-16(2)13-23(12-15)14-17-7-9-24(10-8-17)20(25)22-19-5-3-18(21)4-6-19/h3-6,15-17H,7-14H2,1-2H3,(H,22,25)/t15-,16+. The van der Waals surface area contributed by atoms with Crippen LogP contribution in [0.4, 0.5) is 14.9 Å². The number of benzene rings is 1. The maximum Gasteiger partial charge on any atom is 0.321 e. The summed E-state index contributed by atoms with van der Waals surface area (Å²) >= 11 is 0. The van der Waals surface area contributed by atoms with Gasteiger partial charge in [-0.3, -0.25) is 0 Å². The number of likely N-dealkylation sites (tertiary alicyclic amines) is 2. The molecule has 138 valence electrons. The van der Waals surface area contributed by atoms with E-state index in [9.17, 15) is 9.18 Å². The lowest BCUT2D eigenvalue weighted by Gasteiger charge is -2.39. The van der Waals surface area contributed by atoms with Gasteiger partial charge in [-0.25, -0.2) is 9.18 Å². The zero-order valence-corrected chi connectivity index (χ0v) is 15.4. The minimum absolute atomic E-state index is 0.0784. The molecular formula is C20H30FN3O. The van der Waals surface area contributed by atoms with E-state index in [1.165, 1.54) is 38.2 Å². The number of piperidine rings is 2. The van der Waals surface area contributed by atoms with Crippen molar-refractivity contribution in [3.8, 4) is 0 Å². The molecule has 1 aromatic rings. The minimum Gasteiger partial charge on any atom is -0.325 e. The molecule has 2 fully saturated rings. The lowest BCUT2D eigenvalue weighted by Crippen LogP contribution is -2.46. The van der Waals surface area contributed by atoms with Crippen LogP contribution in [0.15, 0.2) is 24.3 Å². The summed E-state index contributed by atoms with van der Waals surface area (Å²) in [6.07, 6.45) is 3.48. The average Bonchev–Trinajstić information content (AvgIpc) is 2.56. The largest absolute Gasteiger partial charge is 0.325 e. The van der Waals surface area contributed by atoms with Crippen molar-refractivity contribution < 1.29 is 9.18 Å². The Labute approximate surface area is 150 Å². The first kappa shape index (κ1) is 18.2. The van der Waals surface area contributed by atoms with Crippen LogP contribution in [0.2, 0.25) is 0 Å². The normalized spacial score (nSPS) is 25.8. The molecule has 25 heavy (non-hydrogen) atoms. The third-order valence-electron chi connectivity index (χ3n) is 5.46. The van der Waals surface area contributed by atoms with Gasteiger partial charge in [0.15, 0.2) is 0 Å². The van der Waals surface area contributed by atoms with Crippen molar-refractivity contribution in [3.05, 3.63) is 30.1 Å². The van der Waals surface area contributed by atoms with Gasteiger partial charge in [0.2, 0.25) is 0 Å². The fourth-order valence-electron chi connectivity index (χ4n) is 4.36. The van der Waals surface area contributed by atoms with Crippen LogP contribution >= 0.6 is 0 Å². The second kappa shape index (κ2) is 8.17. The lowest BCUT2D eigenvalue weighted by atomic mass is 9.89. The summed E-state index contributed by atoms with van der Waals surface area (Å²) in [5.41, 5.74) is 0.643. The molecule has 0 saturated carbocycles. The molecule has 2 amide bonds. The minimum atomic E-state index is -0.292. The van der Waals surface area contributed by atoms with E-state index in [0.717, 1.165) is 37.8 Å². The number of hydrogen-bond acceptors (Lipinski definition) is 2. The smallest absolute Gasteiger partial charge is 0.321 e. The van der Waals surface area contributed by atoms with Gasteiger partial charge in [0, 0.05) is 38.4 Å². The quantitative estimate of drug-likeness (QED) is 0.895. The molecule has 0 bridgehead atoms. The molecule has 2 aliphatic heterocycles. The highest BCUT2D eigenvalue weighted by Gasteiger charge is 2.27. The Morgan fingerprint density at radius 1 is 1.12 bits per heavy atom. The first-order valence-corrected chi connectivity index (χ1v) is 9.53. The molecule has 2 aliphatic rings. The van der Waals surface area contributed by atoms with Crippen LogP contribution in [-0.2, 0) is 0 Å². The van der Waals surface area contributed by atoms with Gasteiger partial charge < -0.3 is 15.1 Å². The number of rotatable bonds is 3. The monoisotopic (exact) mass is 347 g/mol. The topological polar surface area (TPSA) is 35.6 Å². The number of halogens is 1. The second-order valence-electron chi connectivity index (χ2n) is 8.03. The number of hydrogen-bond donors (Lipinski definition) is 1. The summed E-state index contributed by atoms with van der Waals surface area (Å²) in [6, 6.07) is 5.84. The fraction of sp³-hybridized carbons (Fsp3) is 0.650. The summed E-state index contributed by atoms with van der Waals surface area (Å²) < 4.78 is 12.9. The van der Waals surface area contributed by atoms with E-state index < -0.39 is 0 Å². The highest BCUT2D eigenvalue weighted by atomic mass is 19.1. The summed E-state index contributed by atoms with van der Waals surface area (Å²) in [7, 11) is 0. The highest BCUT2D eigenvalue weighted by Crippen LogP contribution is 2.25. The van der Waals surface area contributed by atoms with Crippen LogP contribution in [-0.4, -0.2) is 48.6 Å². The molecule has 3 rings (SSSR count). The Hall–Kier alpha value is -1.62. The molecule has 0 radical (unpaired) electrons. The average molecular weight is 347 g/mol. The molecule has 1 aromatic carbocycles. The van der Waals surface area contributed by atoms with Crippen LogP contribution in [0.25, 0.3) is 0 Å². The Balaban J connectivity index is 1.43. The zero-order valence-electron chi connectivity index (χ0n) is 15.4. The van der Waals surface area contributed by atoms with E-state index in [1.807, 2.05) is 4.90 Å². The van der Waals surface area contributed by atoms with Crippen molar-refractivity contribution in [2.75, 3.05) is 38.0 Å². The molecule has 2 atom stereocenters. The number of amides is 2. The molecule has 0 spiro atoms. The van der Waals surface area contributed by atoms with E-state index in [1.54, 1.807) is 12.1 Å². The van der Waals surface area contributed by atoms with Crippen molar-refractivity contribution in [2.45, 2.75) is 33.1 Å². The van der Waals surface area contributed by atoms with Gasteiger partial charge >= 0.3 is 6.03 Å². The SMILES string of the molecule is C[C@@H]1C[C@H](C)CN(CC2CCN(C(=O)Nc3ccc(F)cc3)CC2)C1. The van der Waals surface area contributed by atoms with Crippen molar-refractivity contribution in [2.24, 2.45) is 17.8 Å². The maximum atomic E-state index is 12.9. The van der Waals surface area contributed by atoms with Crippen LogP contribution in [0.5, 0.6) is 0 Å². The molecule has 0 unspecified atom stereocenters. The summed E-state index contributed by atoms with van der Waals surface area (Å²) in [4.78, 5) is 16.8. The van der Waals surface area contributed by atoms with E-state index in [0.29, 0.717) is 11.6 Å². The highest BCUT2D eigenvalue weighted by molar-refractivity contribution is 5.89. The van der Waals surface area contributed by atoms with Crippen molar-refractivity contribution in [1.29, 1.82) is 0 Å². The van der Waals surface area contributed by atoms with Gasteiger partial charge in [-0.1, -0.05) is 13.8 Å². The number of urea groups is 1. The lowest BCUT2D eigenvalue weighted by molar-refractivity contribution is 0.101. The Morgan fingerprint density at radius 2 is 1.72 bits per heavy atom. The summed E-state index contributed by atoms with van der Waals surface area (Å²) in [6.45, 7) is 9.91. The zero-order chi connectivity index (χ0) is 17.8. The van der Waals surface area contributed by atoms with E-state index in [2.05, 4.69) is 24.1 Å². The number of nitrogens with zero attached hydrogens (tertiary/aromatic N) is 2. The fourth-order valence-corrected chi connectivity index (χ4v) is 4.36. The number of nitrogens with one attached hydrogen (secondary N) is 1. The van der Waals surface area contributed by atoms with Crippen molar-refractivity contribution in [3.63, 3.8) is 0 Å². The van der Waals surface area contributed by atoms with Gasteiger partial charge in [0.1, 0.15) is 5.82 Å².